The monoisotopic (exact) mass is 292 g/mol. The van der Waals surface area contributed by atoms with Crippen LogP contribution in [0.4, 0.5) is 20.4 Å². The van der Waals surface area contributed by atoms with Gasteiger partial charge in [0.2, 0.25) is 0 Å². The van der Waals surface area contributed by atoms with Crippen LogP contribution in [0.15, 0.2) is 24.3 Å². The number of hydrogen-bond donors (Lipinski definition) is 1. The Kier molecular flexibility index (Phi) is 4.67. The van der Waals surface area contributed by atoms with Gasteiger partial charge < -0.3 is 10.2 Å². The highest BCUT2D eigenvalue weighted by atomic mass is 19.1. The van der Waals surface area contributed by atoms with Crippen LogP contribution < -0.4 is 10.2 Å². The molecule has 0 fully saturated rings. The summed E-state index contributed by atoms with van der Waals surface area (Å²) in [4.78, 5) is 9.99. The van der Waals surface area contributed by atoms with Crippen molar-refractivity contribution in [3.05, 3.63) is 47.3 Å². The standard InChI is InChI=1S/C15H18F2N4/c1-4-18-14-12(16)8-13(17)15(20-14)21(3)9-11-7-5-6-10(2)19-11/h5-8H,4,9H2,1-3H3,(H,18,20). The van der Waals surface area contributed by atoms with Crippen molar-refractivity contribution in [3.8, 4) is 0 Å². The molecule has 2 heterocycles. The highest BCUT2D eigenvalue weighted by Crippen LogP contribution is 2.22. The first kappa shape index (κ1) is 15.2. The number of pyridine rings is 2. The summed E-state index contributed by atoms with van der Waals surface area (Å²) in [5, 5.41) is 2.78. The fourth-order valence-electron chi connectivity index (χ4n) is 2.02. The quantitative estimate of drug-likeness (QED) is 0.919. The molecule has 0 radical (unpaired) electrons. The van der Waals surface area contributed by atoms with Crippen LogP contribution in [0.25, 0.3) is 0 Å². The van der Waals surface area contributed by atoms with Gasteiger partial charge >= 0.3 is 0 Å². The van der Waals surface area contributed by atoms with Crippen LogP contribution in [0, 0.1) is 18.6 Å². The van der Waals surface area contributed by atoms with Crippen LogP contribution in [0.2, 0.25) is 0 Å². The minimum Gasteiger partial charge on any atom is -0.368 e. The Morgan fingerprint density at radius 1 is 1.19 bits per heavy atom. The van der Waals surface area contributed by atoms with Gasteiger partial charge in [-0.15, -0.1) is 0 Å². The van der Waals surface area contributed by atoms with Gasteiger partial charge in [-0.3, -0.25) is 4.98 Å². The topological polar surface area (TPSA) is 41.1 Å². The van der Waals surface area contributed by atoms with E-state index >= 15 is 0 Å². The lowest BCUT2D eigenvalue weighted by Gasteiger charge is -2.19. The Bertz CT molecular complexity index is 631. The Morgan fingerprint density at radius 3 is 2.62 bits per heavy atom. The zero-order chi connectivity index (χ0) is 15.4. The smallest absolute Gasteiger partial charge is 0.168 e. The molecule has 112 valence electrons. The lowest BCUT2D eigenvalue weighted by molar-refractivity contribution is 0.572. The molecule has 0 saturated carbocycles. The zero-order valence-electron chi connectivity index (χ0n) is 12.3. The van der Waals surface area contributed by atoms with Crippen LogP contribution in [-0.4, -0.2) is 23.6 Å². The number of nitrogens with one attached hydrogen (secondary N) is 1. The minimum absolute atomic E-state index is 0.0537. The lowest BCUT2D eigenvalue weighted by atomic mass is 10.3. The first-order valence-corrected chi connectivity index (χ1v) is 6.75. The summed E-state index contributed by atoms with van der Waals surface area (Å²) in [5.41, 5.74) is 1.69. The van der Waals surface area contributed by atoms with Crippen molar-refractivity contribution in [2.75, 3.05) is 23.8 Å². The van der Waals surface area contributed by atoms with Crippen LogP contribution in [0.3, 0.4) is 0 Å². The maximum Gasteiger partial charge on any atom is 0.168 e. The molecule has 2 aromatic heterocycles. The van der Waals surface area contributed by atoms with Crippen LogP contribution in [-0.2, 0) is 6.54 Å². The summed E-state index contributed by atoms with van der Waals surface area (Å²) >= 11 is 0. The summed E-state index contributed by atoms with van der Waals surface area (Å²) in [5.74, 6) is -1.24. The van der Waals surface area contributed by atoms with Crippen molar-refractivity contribution < 1.29 is 8.78 Å². The van der Waals surface area contributed by atoms with Crippen molar-refractivity contribution in [1.29, 1.82) is 0 Å². The Hall–Kier alpha value is -2.24. The predicted molar refractivity (Wildman–Crippen MR) is 79.4 cm³/mol. The van der Waals surface area contributed by atoms with E-state index in [2.05, 4.69) is 15.3 Å². The van der Waals surface area contributed by atoms with Crippen molar-refractivity contribution in [3.63, 3.8) is 0 Å². The maximum atomic E-state index is 13.9. The average Bonchev–Trinajstić information content (AvgIpc) is 2.41. The van der Waals surface area contributed by atoms with Crippen molar-refractivity contribution >= 4 is 11.6 Å². The molecule has 0 bridgehead atoms. The van der Waals surface area contributed by atoms with E-state index in [0.29, 0.717) is 13.1 Å². The first-order valence-electron chi connectivity index (χ1n) is 6.75. The molecular weight excluding hydrogens is 274 g/mol. The number of aromatic nitrogens is 2. The Labute approximate surface area is 122 Å². The highest BCUT2D eigenvalue weighted by Gasteiger charge is 2.15. The molecule has 21 heavy (non-hydrogen) atoms. The van der Waals surface area contributed by atoms with E-state index in [1.54, 1.807) is 11.9 Å². The van der Waals surface area contributed by atoms with Crippen molar-refractivity contribution in [1.82, 2.24) is 9.97 Å². The van der Waals surface area contributed by atoms with Gasteiger partial charge in [-0.2, -0.15) is 0 Å². The highest BCUT2D eigenvalue weighted by molar-refractivity contribution is 5.49. The number of nitrogens with zero attached hydrogens (tertiary/aromatic N) is 3. The van der Waals surface area contributed by atoms with Gasteiger partial charge in [-0.05, 0) is 26.0 Å². The van der Waals surface area contributed by atoms with Gasteiger partial charge in [0, 0.05) is 25.4 Å². The van der Waals surface area contributed by atoms with Crippen LogP contribution >= 0.6 is 0 Å². The molecule has 0 saturated heterocycles. The molecule has 0 aromatic carbocycles. The fourth-order valence-corrected chi connectivity index (χ4v) is 2.02. The van der Waals surface area contributed by atoms with Gasteiger partial charge in [-0.25, -0.2) is 13.8 Å². The third kappa shape index (κ3) is 3.65. The molecule has 0 aliphatic heterocycles. The Balaban J connectivity index is 2.26. The number of aryl methyl sites for hydroxylation is 1. The largest absolute Gasteiger partial charge is 0.368 e. The molecular formula is C15H18F2N4. The number of anilines is 2. The molecule has 4 nitrogen and oxygen atoms in total. The van der Waals surface area contributed by atoms with Gasteiger partial charge in [0.15, 0.2) is 23.3 Å². The minimum atomic E-state index is -0.694. The molecule has 2 aromatic rings. The summed E-state index contributed by atoms with van der Waals surface area (Å²) in [6.07, 6.45) is 0. The van der Waals surface area contributed by atoms with Gasteiger partial charge in [-0.1, -0.05) is 6.07 Å². The van der Waals surface area contributed by atoms with E-state index in [4.69, 9.17) is 0 Å². The molecule has 2 rings (SSSR count). The first-order chi connectivity index (χ1) is 10.0. The molecule has 0 aliphatic rings. The van der Waals surface area contributed by atoms with E-state index in [9.17, 15) is 8.78 Å². The van der Waals surface area contributed by atoms with E-state index in [0.717, 1.165) is 17.5 Å². The Morgan fingerprint density at radius 2 is 1.95 bits per heavy atom. The molecule has 1 N–H and O–H groups in total. The molecule has 0 amide bonds. The summed E-state index contributed by atoms with van der Waals surface area (Å²) in [7, 11) is 1.70. The van der Waals surface area contributed by atoms with E-state index < -0.39 is 11.6 Å². The summed E-state index contributed by atoms with van der Waals surface area (Å²) in [6.45, 7) is 4.62. The zero-order valence-corrected chi connectivity index (χ0v) is 12.3. The van der Waals surface area contributed by atoms with Gasteiger partial charge in [0.25, 0.3) is 0 Å². The number of hydrogen-bond acceptors (Lipinski definition) is 4. The van der Waals surface area contributed by atoms with Crippen molar-refractivity contribution in [2.24, 2.45) is 0 Å². The molecule has 0 atom stereocenters. The third-order valence-corrected chi connectivity index (χ3v) is 2.96. The maximum absolute atomic E-state index is 13.9. The van der Waals surface area contributed by atoms with E-state index in [-0.39, 0.29) is 11.6 Å². The second-order valence-electron chi connectivity index (χ2n) is 4.78. The molecule has 6 heteroatoms. The van der Waals surface area contributed by atoms with Crippen molar-refractivity contribution in [2.45, 2.75) is 20.4 Å². The van der Waals surface area contributed by atoms with Gasteiger partial charge in [0.05, 0.1) is 12.2 Å². The molecule has 0 spiro atoms. The number of halogens is 2. The molecule has 0 unspecified atom stereocenters. The second kappa shape index (κ2) is 6.47. The summed E-state index contributed by atoms with van der Waals surface area (Å²) < 4.78 is 27.5. The second-order valence-corrected chi connectivity index (χ2v) is 4.78. The third-order valence-electron chi connectivity index (χ3n) is 2.96. The SMILES string of the molecule is CCNc1nc(N(C)Cc2cccc(C)n2)c(F)cc1F. The summed E-state index contributed by atoms with van der Waals surface area (Å²) in [6, 6.07) is 6.49. The van der Waals surface area contributed by atoms with Crippen LogP contribution in [0.5, 0.6) is 0 Å². The normalized spacial score (nSPS) is 10.5. The fraction of sp³-hybridized carbons (Fsp3) is 0.333. The van der Waals surface area contributed by atoms with E-state index in [1.165, 1.54) is 0 Å². The number of rotatable bonds is 5. The lowest BCUT2D eigenvalue weighted by Crippen LogP contribution is -2.21. The van der Waals surface area contributed by atoms with E-state index in [1.807, 2.05) is 32.0 Å². The average molecular weight is 292 g/mol. The molecule has 0 aliphatic carbocycles. The van der Waals surface area contributed by atoms with Gasteiger partial charge in [0.1, 0.15) is 0 Å². The van der Waals surface area contributed by atoms with Crippen LogP contribution in [0.1, 0.15) is 18.3 Å². The predicted octanol–water partition coefficient (Wildman–Crippen LogP) is 3.13.